The summed E-state index contributed by atoms with van der Waals surface area (Å²) in [6.45, 7) is 4.48. The predicted molar refractivity (Wildman–Crippen MR) is 124 cm³/mol. The van der Waals surface area contributed by atoms with Crippen molar-refractivity contribution in [3.63, 3.8) is 0 Å². The van der Waals surface area contributed by atoms with Gasteiger partial charge >= 0.3 is 18.0 Å². The lowest BCUT2D eigenvalue weighted by Gasteiger charge is -2.06. The van der Waals surface area contributed by atoms with Crippen molar-refractivity contribution in [2.45, 2.75) is 33.1 Å². The van der Waals surface area contributed by atoms with Crippen LogP contribution in [0.15, 0.2) is 24.3 Å². The molecule has 0 bridgehead atoms. The molecule has 0 fully saturated rings. The normalized spacial score (nSPS) is 10.4. The van der Waals surface area contributed by atoms with Gasteiger partial charge in [0.05, 0.1) is 36.4 Å². The minimum absolute atomic E-state index is 0.0248. The highest BCUT2D eigenvalue weighted by Gasteiger charge is 2.30. The highest BCUT2D eigenvalue weighted by molar-refractivity contribution is 6.15. The third-order valence-electron chi connectivity index (χ3n) is 4.78. The lowest BCUT2D eigenvalue weighted by atomic mass is 10.1. The Bertz CT molecular complexity index is 953. The molecule has 0 heterocycles. The second kappa shape index (κ2) is 13.0. The molecule has 0 radical (unpaired) electrons. The van der Waals surface area contributed by atoms with Gasteiger partial charge < -0.3 is 31.1 Å². The number of amides is 2. The van der Waals surface area contributed by atoms with Gasteiger partial charge in [-0.2, -0.15) is 5.48 Å². The van der Waals surface area contributed by atoms with Crippen molar-refractivity contribution in [3.05, 3.63) is 41.0 Å². The number of rotatable bonds is 10. The SMILES string of the molecule is CCOC(=O)c1c2ccc(CC(=O)NOC(=O)NCCCCN)ccc-2c(C(=O)OCC)c1N. The topological polar surface area (TPSA) is 172 Å². The molecule has 2 aliphatic carbocycles. The molecular weight excluding hydrogens is 444 g/mol. The monoisotopic (exact) mass is 474 g/mol. The molecule has 11 heteroatoms. The molecule has 0 aromatic heterocycles. The van der Waals surface area contributed by atoms with Gasteiger partial charge in [0.15, 0.2) is 0 Å². The third-order valence-corrected chi connectivity index (χ3v) is 4.78. The summed E-state index contributed by atoms with van der Waals surface area (Å²) < 4.78 is 10.2. The summed E-state index contributed by atoms with van der Waals surface area (Å²) in [5.74, 6) is -1.91. The molecule has 0 unspecified atom stereocenters. The van der Waals surface area contributed by atoms with Gasteiger partial charge in [0.2, 0.25) is 0 Å². The zero-order chi connectivity index (χ0) is 25.1. The van der Waals surface area contributed by atoms with Gasteiger partial charge in [-0.25, -0.2) is 14.4 Å². The quantitative estimate of drug-likeness (QED) is 0.173. The summed E-state index contributed by atoms with van der Waals surface area (Å²) in [7, 11) is 0. The number of nitrogens with one attached hydrogen (secondary N) is 2. The molecular formula is C23H30N4O7. The van der Waals surface area contributed by atoms with Crippen LogP contribution in [0, 0.1) is 0 Å². The van der Waals surface area contributed by atoms with Gasteiger partial charge in [-0.1, -0.05) is 24.3 Å². The molecule has 6 N–H and O–H groups in total. The van der Waals surface area contributed by atoms with E-state index in [-0.39, 0.29) is 36.4 Å². The first-order chi connectivity index (χ1) is 16.3. The number of unbranched alkanes of at least 4 members (excludes halogenated alkanes) is 1. The molecule has 0 atom stereocenters. The minimum atomic E-state index is -0.781. The van der Waals surface area contributed by atoms with E-state index >= 15 is 0 Å². The lowest BCUT2D eigenvalue weighted by Crippen LogP contribution is -2.34. The number of hydrogen-bond acceptors (Lipinski definition) is 9. The lowest BCUT2D eigenvalue weighted by molar-refractivity contribution is -0.128. The van der Waals surface area contributed by atoms with Crippen LogP contribution in [0.4, 0.5) is 10.5 Å². The van der Waals surface area contributed by atoms with Gasteiger partial charge in [0.1, 0.15) is 0 Å². The number of fused-ring (bicyclic) bond motifs is 1. The van der Waals surface area contributed by atoms with Gasteiger partial charge in [-0.3, -0.25) is 4.79 Å². The summed E-state index contributed by atoms with van der Waals surface area (Å²) in [6.07, 6.45) is 0.547. The molecule has 34 heavy (non-hydrogen) atoms. The maximum Gasteiger partial charge on any atom is 0.431 e. The van der Waals surface area contributed by atoms with E-state index in [2.05, 4.69) is 10.8 Å². The summed E-state index contributed by atoms with van der Waals surface area (Å²) in [5, 5.41) is 2.49. The van der Waals surface area contributed by atoms with Crippen LogP contribution in [0.1, 0.15) is 53.0 Å². The fourth-order valence-electron chi connectivity index (χ4n) is 3.25. The number of nitrogen functional groups attached to an aromatic ring is 1. The zero-order valence-electron chi connectivity index (χ0n) is 19.3. The molecule has 2 amide bonds. The van der Waals surface area contributed by atoms with E-state index in [0.717, 1.165) is 6.42 Å². The van der Waals surface area contributed by atoms with E-state index in [1.165, 1.54) is 0 Å². The van der Waals surface area contributed by atoms with Crippen molar-refractivity contribution in [3.8, 4) is 11.1 Å². The van der Waals surface area contributed by atoms with Crippen molar-refractivity contribution in [1.29, 1.82) is 0 Å². The standard InChI is InChI=1S/C23H30N4O7/c1-3-32-21(29)18-15-9-7-14(8-10-16(15)19(20(18)25)22(30)33-4-2)13-17(28)27-34-23(31)26-12-6-5-11-24/h7-10H,3-6,11-13,24-25H2,1-2H3,(H,26,31)(H,27,28). The number of esters is 2. The highest BCUT2D eigenvalue weighted by Crippen LogP contribution is 2.39. The number of ether oxygens (including phenoxy) is 2. The van der Waals surface area contributed by atoms with Crippen molar-refractivity contribution < 1.29 is 33.5 Å². The van der Waals surface area contributed by atoms with E-state index in [9.17, 15) is 19.2 Å². The van der Waals surface area contributed by atoms with Crippen LogP contribution in [0.25, 0.3) is 11.1 Å². The van der Waals surface area contributed by atoms with Crippen molar-refractivity contribution in [1.82, 2.24) is 10.8 Å². The van der Waals surface area contributed by atoms with Crippen LogP contribution in [0.5, 0.6) is 0 Å². The predicted octanol–water partition coefficient (Wildman–Crippen LogP) is 1.77. The molecule has 2 rings (SSSR count). The fraction of sp³-hybridized carbons (Fsp3) is 0.391. The van der Waals surface area contributed by atoms with E-state index in [4.69, 9.17) is 25.8 Å². The number of anilines is 1. The Hall–Kier alpha value is -3.86. The molecule has 0 aromatic carbocycles. The number of hydroxylamine groups is 1. The van der Waals surface area contributed by atoms with Crippen LogP contribution in [-0.2, 0) is 25.5 Å². The average Bonchev–Trinajstić information content (AvgIpc) is 2.93. The number of carbonyl (C=O) groups excluding carboxylic acids is 4. The fourth-order valence-corrected chi connectivity index (χ4v) is 3.25. The van der Waals surface area contributed by atoms with Crippen LogP contribution < -0.4 is 22.3 Å². The molecule has 0 spiro atoms. The van der Waals surface area contributed by atoms with Gasteiger partial charge in [0.25, 0.3) is 5.91 Å². The first-order valence-electron chi connectivity index (χ1n) is 11.0. The first-order valence-corrected chi connectivity index (χ1v) is 11.0. The summed E-state index contributed by atoms with van der Waals surface area (Å²) >= 11 is 0. The Morgan fingerprint density at radius 1 is 0.882 bits per heavy atom. The van der Waals surface area contributed by atoms with E-state index in [1.807, 2.05) is 0 Å². The van der Waals surface area contributed by atoms with Crippen LogP contribution in [-0.4, -0.2) is 50.2 Å². The number of carbonyl (C=O) groups is 4. The molecule has 0 saturated heterocycles. The van der Waals surface area contributed by atoms with Gasteiger partial charge in [-0.05, 0) is 49.9 Å². The van der Waals surface area contributed by atoms with Crippen molar-refractivity contribution >= 4 is 29.6 Å². The molecule has 0 aromatic rings. The number of hydrogen-bond donors (Lipinski definition) is 4. The molecule has 2 aliphatic rings. The second-order valence-electron chi connectivity index (χ2n) is 7.19. The maximum atomic E-state index is 12.5. The van der Waals surface area contributed by atoms with Crippen molar-refractivity contribution in [2.24, 2.45) is 5.73 Å². The second-order valence-corrected chi connectivity index (χ2v) is 7.19. The smallest absolute Gasteiger partial charge is 0.431 e. The molecule has 0 saturated carbocycles. The Balaban J connectivity index is 2.21. The maximum absolute atomic E-state index is 12.5. The van der Waals surface area contributed by atoms with Gasteiger partial charge in [-0.15, -0.1) is 0 Å². The zero-order valence-corrected chi connectivity index (χ0v) is 19.3. The van der Waals surface area contributed by atoms with E-state index in [0.29, 0.717) is 36.2 Å². The summed E-state index contributed by atoms with van der Waals surface area (Å²) in [5.41, 5.74) is 15.0. The molecule has 184 valence electrons. The van der Waals surface area contributed by atoms with Crippen LogP contribution >= 0.6 is 0 Å². The van der Waals surface area contributed by atoms with Crippen LogP contribution in [0.3, 0.4) is 0 Å². The Labute approximate surface area is 197 Å². The number of nitrogens with two attached hydrogens (primary N) is 2. The summed E-state index contributed by atoms with van der Waals surface area (Å²) in [6, 6.07) is 6.36. The minimum Gasteiger partial charge on any atom is -0.462 e. The van der Waals surface area contributed by atoms with Crippen molar-refractivity contribution in [2.75, 3.05) is 32.0 Å². The highest BCUT2D eigenvalue weighted by atomic mass is 16.7. The van der Waals surface area contributed by atoms with E-state index < -0.39 is 23.9 Å². The summed E-state index contributed by atoms with van der Waals surface area (Å²) in [4.78, 5) is 53.5. The molecule has 0 aliphatic heterocycles. The van der Waals surface area contributed by atoms with Gasteiger partial charge in [0, 0.05) is 6.54 Å². The van der Waals surface area contributed by atoms with E-state index in [1.54, 1.807) is 38.1 Å². The van der Waals surface area contributed by atoms with Crippen LogP contribution in [0.2, 0.25) is 0 Å². The Morgan fingerprint density at radius 2 is 1.44 bits per heavy atom. The Morgan fingerprint density at radius 3 is 1.94 bits per heavy atom. The Kier molecular flexibility index (Phi) is 10.1. The molecule has 11 nitrogen and oxygen atoms in total. The third kappa shape index (κ3) is 6.82. The largest absolute Gasteiger partial charge is 0.462 e. The first kappa shape index (κ1) is 26.4. The average molecular weight is 475 g/mol.